The van der Waals surface area contributed by atoms with Gasteiger partial charge >= 0.3 is 0 Å². The fraction of sp³-hybridized carbons (Fsp3) is 0.647. The van der Waals surface area contributed by atoms with Gasteiger partial charge in [-0.15, -0.1) is 0 Å². The summed E-state index contributed by atoms with van der Waals surface area (Å²) in [6, 6.07) is 6.95. The number of fused-ring (bicyclic) bond motifs is 1. The van der Waals surface area contributed by atoms with E-state index in [0.29, 0.717) is 12.1 Å². The van der Waals surface area contributed by atoms with E-state index in [-0.39, 0.29) is 6.10 Å². The summed E-state index contributed by atoms with van der Waals surface area (Å²) in [6.07, 6.45) is 5.29. The molecule has 4 heteroatoms. The Balaban J connectivity index is 1.89. The van der Waals surface area contributed by atoms with E-state index < -0.39 is 0 Å². The van der Waals surface area contributed by atoms with Crippen LogP contribution in [-0.2, 0) is 0 Å². The molecule has 2 aliphatic heterocycles. The molecule has 2 saturated heterocycles. The largest absolute Gasteiger partial charge is 0.493 e. The van der Waals surface area contributed by atoms with Crippen LogP contribution in [0.25, 0.3) is 0 Å². The maximum absolute atomic E-state index is 10.2. The second-order valence-electron chi connectivity index (χ2n) is 6.14. The van der Waals surface area contributed by atoms with E-state index in [1.54, 1.807) is 14.2 Å². The molecule has 0 radical (unpaired) electrons. The molecule has 0 aromatic heterocycles. The number of rotatable bonds is 3. The predicted octanol–water partition coefficient (Wildman–Crippen LogP) is 2.75. The lowest BCUT2D eigenvalue weighted by Gasteiger charge is -2.47. The topological polar surface area (TPSA) is 41.9 Å². The van der Waals surface area contributed by atoms with E-state index in [1.807, 2.05) is 6.07 Å². The molecule has 116 valence electrons. The van der Waals surface area contributed by atoms with Crippen LogP contribution in [0.15, 0.2) is 18.2 Å². The molecule has 0 aliphatic carbocycles. The first-order chi connectivity index (χ1) is 10.2. The molecule has 1 aromatic carbocycles. The average molecular weight is 291 g/mol. The van der Waals surface area contributed by atoms with Crippen molar-refractivity contribution in [3.63, 3.8) is 0 Å². The normalized spacial score (nSPS) is 29.8. The summed E-state index contributed by atoms with van der Waals surface area (Å²) in [5, 5.41) is 10.2. The maximum atomic E-state index is 10.2. The Morgan fingerprint density at radius 1 is 1.10 bits per heavy atom. The van der Waals surface area contributed by atoms with Crippen molar-refractivity contribution in [2.45, 2.75) is 50.3 Å². The van der Waals surface area contributed by atoms with Gasteiger partial charge in [0.25, 0.3) is 0 Å². The quantitative estimate of drug-likeness (QED) is 0.930. The van der Waals surface area contributed by atoms with Crippen LogP contribution in [0.2, 0.25) is 0 Å². The first kappa shape index (κ1) is 14.7. The van der Waals surface area contributed by atoms with Crippen LogP contribution in [0.1, 0.15) is 43.7 Å². The van der Waals surface area contributed by atoms with Gasteiger partial charge in [0, 0.05) is 12.1 Å². The molecular weight excluding hydrogens is 266 g/mol. The van der Waals surface area contributed by atoms with Gasteiger partial charge in [-0.05, 0) is 49.9 Å². The highest BCUT2D eigenvalue weighted by Crippen LogP contribution is 2.40. The Morgan fingerprint density at radius 3 is 2.67 bits per heavy atom. The van der Waals surface area contributed by atoms with Crippen molar-refractivity contribution in [1.29, 1.82) is 0 Å². The van der Waals surface area contributed by atoms with Crippen LogP contribution in [0.5, 0.6) is 11.5 Å². The fourth-order valence-corrected chi connectivity index (χ4v) is 3.88. The summed E-state index contributed by atoms with van der Waals surface area (Å²) in [5.41, 5.74) is 1.22. The molecule has 1 aromatic rings. The van der Waals surface area contributed by atoms with Crippen molar-refractivity contribution in [2.75, 3.05) is 20.8 Å². The number of nitrogens with zero attached hydrogens (tertiary/aromatic N) is 1. The summed E-state index contributed by atoms with van der Waals surface area (Å²) in [4.78, 5) is 2.58. The second-order valence-corrected chi connectivity index (χ2v) is 6.14. The van der Waals surface area contributed by atoms with Gasteiger partial charge in [-0.3, -0.25) is 4.90 Å². The Bertz CT molecular complexity index is 491. The summed E-state index contributed by atoms with van der Waals surface area (Å²) < 4.78 is 10.7. The van der Waals surface area contributed by atoms with Crippen LogP contribution in [-0.4, -0.2) is 42.9 Å². The number of benzene rings is 1. The number of aliphatic hydroxyl groups is 1. The van der Waals surface area contributed by atoms with Gasteiger partial charge in [0.2, 0.25) is 0 Å². The van der Waals surface area contributed by atoms with Crippen molar-refractivity contribution in [2.24, 2.45) is 0 Å². The van der Waals surface area contributed by atoms with Crippen molar-refractivity contribution >= 4 is 0 Å². The van der Waals surface area contributed by atoms with Gasteiger partial charge in [0.15, 0.2) is 11.5 Å². The third kappa shape index (κ3) is 2.87. The lowest BCUT2D eigenvalue weighted by atomic mass is 9.84. The van der Waals surface area contributed by atoms with E-state index in [2.05, 4.69) is 17.0 Å². The van der Waals surface area contributed by atoms with Gasteiger partial charge in [0.05, 0.1) is 20.3 Å². The van der Waals surface area contributed by atoms with E-state index in [9.17, 15) is 5.11 Å². The lowest BCUT2D eigenvalue weighted by Crippen LogP contribution is -2.48. The average Bonchev–Trinajstić information content (AvgIpc) is 2.53. The highest BCUT2D eigenvalue weighted by Gasteiger charge is 2.37. The monoisotopic (exact) mass is 291 g/mol. The summed E-state index contributed by atoms with van der Waals surface area (Å²) in [5.74, 6) is 1.52. The number of methoxy groups -OCH3 is 2. The minimum atomic E-state index is -0.192. The molecule has 4 nitrogen and oxygen atoms in total. The second kappa shape index (κ2) is 6.24. The molecular formula is C17H25NO3. The molecule has 2 heterocycles. The molecule has 2 aliphatic rings. The molecule has 0 unspecified atom stereocenters. The Hall–Kier alpha value is -1.26. The molecule has 0 spiro atoms. The zero-order valence-corrected chi connectivity index (χ0v) is 12.9. The molecule has 21 heavy (non-hydrogen) atoms. The zero-order valence-electron chi connectivity index (χ0n) is 12.9. The number of hydrogen-bond acceptors (Lipinski definition) is 4. The van der Waals surface area contributed by atoms with Crippen molar-refractivity contribution in [1.82, 2.24) is 4.90 Å². The van der Waals surface area contributed by atoms with Crippen LogP contribution < -0.4 is 9.47 Å². The Morgan fingerprint density at radius 2 is 1.90 bits per heavy atom. The zero-order chi connectivity index (χ0) is 14.8. The number of aliphatic hydroxyl groups excluding tert-OH is 1. The van der Waals surface area contributed by atoms with Gasteiger partial charge < -0.3 is 14.6 Å². The number of hydrogen-bond donors (Lipinski definition) is 1. The molecule has 3 atom stereocenters. The van der Waals surface area contributed by atoms with E-state index in [0.717, 1.165) is 30.9 Å². The van der Waals surface area contributed by atoms with Gasteiger partial charge in [-0.2, -0.15) is 0 Å². The first-order valence-electron chi connectivity index (χ1n) is 7.88. The Labute approximate surface area is 126 Å². The molecule has 0 bridgehead atoms. The summed E-state index contributed by atoms with van der Waals surface area (Å²) in [7, 11) is 3.32. The Kier molecular flexibility index (Phi) is 4.36. The standard InChI is InChI=1S/C17H25NO3/c1-20-16-7-6-12(9-17(16)21-2)15-11-14(19)10-13-5-3-4-8-18(13)15/h6-7,9,13-15,19H,3-5,8,10-11H2,1-2H3/t13-,14-,15+/m0/s1. The number of piperidine rings is 2. The minimum Gasteiger partial charge on any atom is -0.493 e. The smallest absolute Gasteiger partial charge is 0.161 e. The molecule has 2 fully saturated rings. The lowest BCUT2D eigenvalue weighted by molar-refractivity contribution is -0.0180. The predicted molar refractivity (Wildman–Crippen MR) is 81.9 cm³/mol. The summed E-state index contributed by atoms with van der Waals surface area (Å²) >= 11 is 0. The van der Waals surface area contributed by atoms with Gasteiger partial charge in [-0.25, -0.2) is 0 Å². The van der Waals surface area contributed by atoms with Crippen LogP contribution in [0.4, 0.5) is 0 Å². The maximum Gasteiger partial charge on any atom is 0.161 e. The van der Waals surface area contributed by atoms with E-state index in [4.69, 9.17) is 9.47 Å². The number of ether oxygens (including phenoxy) is 2. The molecule has 3 rings (SSSR count). The summed E-state index contributed by atoms with van der Waals surface area (Å²) in [6.45, 7) is 1.14. The fourth-order valence-electron chi connectivity index (χ4n) is 3.88. The molecule has 0 amide bonds. The van der Waals surface area contributed by atoms with Crippen molar-refractivity contribution in [3.05, 3.63) is 23.8 Å². The van der Waals surface area contributed by atoms with Crippen LogP contribution in [0.3, 0.4) is 0 Å². The van der Waals surface area contributed by atoms with Crippen LogP contribution >= 0.6 is 0 Å². The minimum absolute atomic E-state index is 0.192. The van der Waals surface area contributed by atoms with Crippen LogP contribution in [0, 0.1) is 0 Å². The highest BCUT2D eigenvalue weighted by atomic mass is 16.5. The molecule has 0 saturated carbocycles. The van der Waals surface area contributed by atoms with E-state index >= 15 is 0 Å². The highest BCUT2D eigenvalue weighted by molar-refractivity contribution is 5.44. The van der Waals surface area contributed by atoms with Gasteiger partial charge in [0.1, 0.15) is 0 Å². The SMILES string of the molecule is COc1ccc([C@H]2C[C@@H](O)C[C@@H]3CCCCN32)cc1OC. The molecule has 1 N–H and O–H groups in total. The van der Waals surface area contributed by atoms with Crippen molar-refractivity contribution in [3.8, 4) is 11.5 Å². The third-order valence-electron chi connectivity index (χ3n) is 4.90. The van der Waals surface area contributed by atoms with Crippen molar-refractivity contribution < 1.29 is 14.6 Å². The van der Waals surface area contributed by atoms with E-state index in [1.165, 1.54) is 24.8 Å². The first-order valence-corrected chi connectivity index (χ1v) is 7.88. The third-order valence-corrected chi connectivity index (χ3v) is 4.90. The van der Waals surface area contributed by atoms with Gasteiger partial charge in [-0.1, -0.05) is 12.5 Å².